The highest BCUT2D eigenvalue weighted by atomic mass is 16.7. The van der Waals surface area contributed by atoms with Gasteiger partial charge in [0, 0.05) is 6.42 Å². The summed E-state index contributed by atoms with van der Waals surface area (Å²) in [6, 6.07) is 8.89. The minimum Gasteiger partial charge on any atom is -0.493 e. The van der Waals surface area contributed by atoms with Gasteiger partial charge in [0.2, 0.25) is 0 Å². The molecule has 1 aliphatic heterocycles. The standard InChI is InChI=1S/C26H36N2O5/c1-7-21-17-23(27-25(30)32-26(4,5)6)19(3)13-12-16-28(18-22(8-2)31-21)33-24(29)20-14-10-9-11-15-20/h9-15,17,22H,7-8,16,18H2,1-6H3,(H,27,30)/b13-12+,21-17+,23-19+/t22-/m1/s1. The number of hydrogen-bond donors (Lipinski definition) is 1. The second-order valence-electron chi connectivity index (χ2n) is 8.83. The molecule has 0 saturated heterocycles. The van der Waals surface area contributed by atoms with E-state index in [1.54, 1.807) is 29.3 Å². The van der Waals surface area contributed by atoms with Crippen molar-refractivity contribution < 1.29 is 23.9 Å². The summed E-state index contributed by atoms with van der Waals surface area (Å²) in [5.74, 6) is 0.302. The molecule has 1 atom stereocenters. The van der Waals surface area contributed by atoms with E-state index in [0.29, 0.717) is 30.8 Å². The van der Waals surface area contributed by atoms with Crippen LogP contribution >= 0.6 is 0 Å². The van der Waals surface area contributed by atoms with Crippen LogP contribution in [0, 0.1) is 0 Å². The second kappa shape index (κ2) is 12.3. The molecule has 0 aromatic heterocycles. The van der Waals surface area contributed by atoms with E-state index in [1.807, 2.05) is 65.8 Å². The van der Waals surface area contributed by atoms with Gasteiger partial charge in [0.05, 0.1) is 30.1 Å². The molecule has 1 aliphatic rings. The Labute approximate surface area is 197 Å². The van der Waals surface area contributed by atoms with E-state index in [4.69, 9.17) is 14.3 Å². The molecule has 1 aromatic carbocycles. The number of nitrogens with zero attached hydrogens (tertiary/aromatic N) is 1. The van der Waals surface area contributed by atoms with Crippen molar-refractivity contribution in [2.75, 3.05) is 13.1 Å². The van der Waals surface area contributed by atoms with Crippen LogP contribution in [0.2, 0.25) is 0 Å². The van der Waals surface area contributed by atoms with Crippen LogP contribution < -0.4 is 5.32 Å². The zero-order valence-electron chi connectivity index (χ0n) is 20.5. The maximum absolute atomic E-state index is 12.6. The van der Waals surface area contributed by atoms with E-state index >= 15 is 0 Å². The summed E-state index contributed by atoms with van der Waals surface area (Å²) in [4.78, 5) is 30.6. The van der Waals surface area contributed by atoms with E-state index in [-0.39, 0.29) is 6.10 Å². The number of alkyl carbamates (subject to hydrolysis) is 1. The Morgan fingerprint density at radius 2 is 1.88 bits per heavy atom. The smallest absolute Gasteiger partial charge is 0.412 e. The summed E-state index contributed by atoms with van der Waals surface area (Å²) in [6.45, 7) is 12.1. The number of carbonyl (C=O) groups excluding carboxylic acids is 2. The van der Waals surface area contributed by atoms with Gasteiger partial charge in [0.25, 0.3) is 0 Å². The summed E-state index contributed by atoms with van der Waals surface area (Å²) >= 11 is 0. The highest BCUT2D eigenvalue weighted by Crippen LogP contribution is 2.18. The van der Waals surface area contributed by atoms with E-state index in [2.05, 4.69) is 5.32 Å². The quantitative estimate of drug-likeness (QED) is 0.629. The number of hydrogen-bond acceptors (Lipinski definition) is 6. The van der Waals surface area contributed by atoms with Gasteiger partial charge in [0.1, 0.15) is 11.7 Å². The number of carbonyl (C=O) groups is 2. The normalized spacial score (nSPS) is 22.7. The molecular weight excluding hydrogens is 420 g/mol. The van der Waals surface area contributed by atoms with E-state index < -0.39 is 17.7 Å². The lowest BCUT2D eigenvalue weighted by Gasteiger charge is -2.26. The molecule has 7 heteroatoms. The number of benzene rings is 1. The van der Waals surface area contributed by atoms with Crippen LogP contribution in [0.25, 0.3) is 0 Å². The van der Waals surface area contributed by atoms with Gasteiger partial charge in [-0.25, -0.2) is 9.59 Å². The third-order valence-corrected chi connectivity index (χ3v) is 4.79. The maximum Gasteiger partial charge on any atom is 0.412 e. The minimum atomic E-state index is -0.605. The van der Waals surface area contributed by atoms with Gasteiger partial charge < -0.3 is 14.3 Å². The fourth-order valence-electron chi connectivity index (χ4n) is 3.06. The molecule has 0 radical (unpaired) electrons. The summed E-state index contributed by atoms with van der Waals surface area (Å²) in [6.07, 6.45) is 6.23. The first-order valence-electron chi connectivity index (χ1n) is 11.4. The molecule has 1 amide bonds. The zero-order chi connectivity index (χ0) is 24.4. The third-order valence-electron chi connectivity index (χ3n) is 4.79. The van der Waals surface area contributed by atoms with Crippen molar-refractivity contribution in [3.63, 3.8) is 0 Å². The van der Waals surface area contributed by atoms with Crippen molar-refractivity contribution in [3.8, 4) is 0 Å². The molecule has 0 unspecified atom stereocenters. The van der Waals surface area contributed by atoms with Crippen LogP contribution in [0.3, 0.4) is 0 Å². The molecule has 0 aliphatic carbocycles. The lowest BCUT2D eigenvalue weighted by Crippen LogP contribution is -2.36. The van der Waals surface area contributed by atoms with Crippen molar-refractivity contribution in [2.45, 2.75) is 66.1 Å². The van der Waals surface area contributed by atoms with Gasteiger partial charge in [-0.3, -0.25) is 5.32 Å². The molecular formula is C26H36N2O5. The number of hydroxylamine groups is 2. The predicted octanol–water partition coefficient (Wildman–Crippen LogP) is 5.52. The topological polar surface area (TPSA) is 77.1 Å². The molecule has 7 nitrogen and oxygen atoms in total. The first-order chi connectivity index (χ1) is 15.6. The van der Waals surface area contributed by atoms with Gasteiger partial charge >= 0.3 is 12.1 Å². The lowest BCUT2D eigenvalue weighted by molar-refractivity contribution is -0.122. The Balaban J connectivity index is 2.28. The van der Waals surface area contributed by atoms with Gasteiger partial charge in [-0.1, -0.05) is 44.2 Å². The number of allylic oxidation sites excluding steroid dienone is 4. The number of amides is 1. The van der Waals surface area contributed by atoms with Crippen molar-refractivity contribution >= 4 is 12.1 Å². The maximum atomic E-state index is 12.6. The van der Waals surface area contributed by atoms with Crippen LogP contribution in [0.1, 0.15) is 64.7 Å². The number of ether oxygens (including phenoxy) is 2. The fourth-order valence-corrected chi connectivity index (χ4v) is 3.06. The lowest BCUT2D eigenvalue weighted by atomic mass is 10.1. The summed E-state index contributed by atoms with van der Waals surface area (Å²) in [5.41, 5.74) is 1.30. The average Bonchev–Trinajstić information content (AvgIpc) is 2.78. The van der Waals surface area contributed by atoms with Gasteiger partial charge in [-0.2, -0.15) is 0 Å². The summed E-state index contributed by atoms with van der Waals surface area (Å²) < 4.78 is 11.6. The van der Waals surface area contributed by atoms with Gasteiger partial charge in [0.15, 0.2) is 0 Å². The van der Waals surface area contributed by atoms with Gasteiger partial charge in [-0.15, -0.1) is 5.06 Å². The molecule has 1 aromatic rings. The number of nitrogens with one attached hydrogen (secondary N) is 1. The van der Waals surface area contributed by atoms with E-state index in [0.717, 1.165) is 17.8 Å². The molecule has 0 saturated carbocycles. The van der Waals surface area contributed by atoms with Crippen LogP contribution in [0.15, 0.2) is 65.6 Å². The van der Waals surface area contributed by atoms with Crippen LogP contribution in [-0.2, 0) is 14.3 Å². The second-order valence-corrected chi connectivity index (χ2v) is 8.83. The predicted molar refractivity (Wildman–Crippen MR) is 128 cm³/mol. The SMILES string of the molecule is CC\C1=C/C(NC(=O)OC(C)(C)C)=C(C)\C=C\CN(OC(=O)c2ccccc2)C[C@@H](CC)O1. The van der Waals surface area contributed by atoms with Crippen LogP contribution in [0.4, 0.5) is 4.79 Å². The zero-order valence-corrected chi connectivity index (χ0v) is 20.5. The molecule has 0 fully saturated rings. The highest BCUT2D eigenvalue weighted by Gasteiger charge is 2.21. The molecule has 1 heterocycles. The Hall–Kier alpha value is -3.06. The van der Waals surface area contributed by atoms with Crippen LogP contribution in [-0.4, -0.2) is 41.9 Å². The first-order valence-corrected chi connectivity index (χ1v) is 11.4. The van der Waals surface area contributed by atoms with Crippen molar-refractivity contribution in [1.82, 2.24) is 10.4 Å². The Bertz CT molecular complexity index is 897. The van der Waals surface area contributed by atoms with E-state index in [1.165, 1.54) is 0 Å². The minimum absolute atomic E-state index is 0.200. The summed E-state index contributed by atoms with van der Waals surface area (Å²) in [7, 11) is 0. The third kappa shape index (κ3) is 9.14. The van der Waals surface area contributed by atoms with Crippen LogP contribution in [0.5, 0.6) is 0 Å². The van der Waals surface area contributed by atoms with E-state index in [9.17, 15) is 9.59 Å². The first kappa shape index (κ1) is 26.2. The molecule has 2 rings (SSSR count). The molecule has 0 bridgehead atoms. The largest absolute Gasteiger partial charge is 0.493 e. The Morgan fingerprint density at radius 1 is 1.18 bits per heavy atom. The number of rotatable bonds is 5. The van der Waals surface area contributed by atoms with Crippen molar-refractivity contribution in [1.29, 1.82) is 0 Å². The summed E-state index contributed by atoms with van der Waals surface area (Å²) in [5, 5.41) is 4.44. The highest BCUT2D eigenvalue weighted by molar-refractivity contribution is 5.89. The monoisotopic (exact) mass is 456 g/mol. The Kier molecular flexibility index (Phi) is 9.73. The average molecular weight is 457 g/mol. The fraction of sp³-hybridized carbons (Fsp3) is 0.462. The molecule has 1 N–H and O–H groups in total. The molecule has 33 heavy (non-hydrogen) atoms. The van der Waals surface area contributed by atoms with Crippen molar-refractivity contribution in [3.05, 3.63) is 71.2 Å². The molecule has 180 valence electrons. The van der Waals surface area contributed by atoms with Crippen molar-refractivity contribution in [2.24, 2.45) is 0 Å². The molecule has 0 spiro atoms. The Morgan fingerprint density at radius 3 is 2.48 bits per heavy atom. The van der Waals surface area contributed by atoms with Gasteiger partial charge in [-0.05, 0) is 57.9 Å².